The quantitative estimate of drug-likeness (QED) is 0.791. The Balaban J connectivity index is 3.06. The Morgan fingerprint density at radius 2 is 2.40 bits per heavy atom. The lowest BCUT2D eigenvalue weighted by molar-refractivity contribution is -0.138. The van der Waals surface area contributed by atoms with Crippen molar-refractivity contribution in [3.63, 3.8) is 0 Å². The lowest BCUT2D eigenvalue weighted by atomic mass is 10.2. The Hall–Kier alpha value is -2.09. The predicted molar refractivity (Wildman–Crippen MR) is 54.5 cm³/mol. The lowest BCUT2D eigenvalue weighted by Crippen LogP contribution is -2.36. The number of aliphatic carboxylic acids is 1. The van der Waals surface area contributed by atoms with Crippen LogP contribution in [0.2, 0.25) is 0 Å². The number of carboxylic acid groups (broad SMARTS) is 1. The first-order valence-electron chi connectivity index (χ1n) is 4.38. The van der Waals surface area contributed by atoms with Gasteiger partial charge in [0.2, 0.25) is 0 Å². The molecule has 1 aromatic rings. The van der Waals surface area contributed by atoms with Gasteiger partial charge in [-0.25, -0.2) is 9.78 Å². The number of likely N-dealkylation sites (N-methyl/N-ethyl adjacent to an activating group) is 1. The van der Waals surface area contributed by atoms with Gasteiger partial charge in [-0.1, -0.05) is 0 Å². The third-order valence-electron chi connectivity index (χ3n) is 2.18. The van der Waals surface area contributed by atoms with E-state index in [0.717, 1.165) is 0 Å². The average Bonchev–Trinajstić information content (AvgIpc) is 2.26. The second kappa shape index (κ2) is 4.42. The van der Waals surface area contributed by atoms with Gasteiger partial charge in [0.1, 0.15) is 17.9 Å². The molecule has 0 aliphatic carbocycles. The Kier molecular flexibility index (Phi) is 3.24. The highest BCUT2D eigenvalue weighted by atomic mass is 16.4. The highest BCUT2D eigenvalue weighted by molar-refractivity contribution is 5.77. The number of carbonyl (C=O) groups is 1. The summed E-state index contributed by atoms with van der Waals surface area (Å²) < 4.78 is 0. The van der Waals surface area contributed by atoms with E-state index < -0.39 is 12.0 Å². The summed E-state index contributed by atoms with van der Waals surface area (Å²) in [7, 11) is 1.60. The fourth-order valence-corrected chi connectivity index (χ4v) is 1.11. The molecule has 0 aliphatic heterocycles. The molecule has 5 heteroatoms. The topological polar surface area (TPSA) is 77.2 Å². The molecule has 0 fully saturated rings. The van der Waals surface area contributed by atoms with Crippen LogP contribution in [0.1, 0.15) is 12.5 Å². The molecular formula is C10H11N3O2. The second-order valence-electron chi connectivity index (χ2n) is 3.11. The summed E-state index contributed by atoms with van der Waals surface area (Å²) in [6, 6.07) is 4.50. The van der Waals surface area contributed by atoms with E-state index in [1.165, 1.54) is 18.0 Å². The molecule has 0 saturated heterocycles. The smallest absolute Gasteiger partial charge is 0.326 e. The van der Waals surface area contributed by atoms with Crippen LogP contribution in [-0.2, 0) is 4.79 Å². The van der Waals surface area contributed by atoms with Gasteiger partial charge in [-0.3, -0.25) is 0 Å². The third-order valence-corrected chi connectivity index (χ3v) is 2.18. The first-order valence-corrected chi connectivity index (χ1v) is 4.38. The van der Waals surface area contributed by atoms with Crippen molar-refractivity contribution in [3.05, 3.63) is 23.9 Å². The second-order valence-corrected chi connectivity index (χ2v) is 3.11. The first kappa shape index (κ1) is 11.0. The molecule has 0 amide bonds. The van der Waals surface area contributed by atoms with E-state index >= 15 is 0 Å². The molecular weight excluding hydrogens is 194 g/mol. The molecule has 0 bridgehead atoms. The van der Waals surface area contributed by atoms with Gasteiger partial charge in [-0.15, -0.1) is 0 Å². The van der Waals surface area contributed by atoms with Crippen LogP contribution in [0, 0.1) is 11.3 Å². The molecule has 78 valence electrons. The van der Waals surface area contributed by atoms with Gasteiger partial charge in [0.25, 0.3) is 0 Å². The zero-order valence-corrected chi connectivity index (χ0v) is 8.51. The molecule has 0 radical (unpaired) electrons. The molecule has 0 saturated carbocycles. The minimum absolute atomic E-state index is 0.369. The zero-order valence-electron chi connectivity index (χ0n) is 8.51. The fraction of sp³-hybridized carbons (Fsp3) is 0.300. The monoisotopic (exact) mass is 205 g/mol. The number of hydrogen-bond donors (Lipinski definition) is 1. The molecule has 1 N–H and O–H groups in total. The van der Waals surface area contributed by atoms with Gasteiger partial charge >= 0.3 is 5.97 Å². The van der Waals surface area contributed by atoms with Crippen LogP contribution in [0.4, 0.5) is 5.82 Å². The van der Waals surface area contributed by atoms with E-state index in [9.17, 15) is 4.79 Å². The number of aromatic nitrogens is 1. The van der Waals surface area contributed by atoms with Crippen LogP contribution in [0.3, 0.4) is 0 Å². The number of nitriles is 1. The number of pyridine rings is 1. The summed E-state index contributed by atoms with van der Waals surface area (Å²) in [5.74, 6) is -0.568. The summed E-state index contributed by atoms with van der Waals surface area (Å²) in [6.07, 6.45) is 1.53. The van der Waals surface area contributed by atoms with Gasteiger partial charge in [-0.2, -0.15) is 5.26 Å². The largest absolute Gasteiger partial charge is 0.480 e. The van der Waals surface area contributed by atoms with E-state index in [0.29, 0.717) is 11.4 Å². The lowest BCUT2D eigenvalue weighted by Gasteiger charge is -2.22. The summed E-state index contributed by atoms with van der Waals surface area (Å²) in [5.41, 5.74) is 0.369. The van der Waals surface area contributed by atoms with E-state index in [-0.39, 0.29) is 0 Å². The summed E-state index contributed by atoms with van der Waals surface area (Å²) in [5, 5.41) is 17.6. The Bertz CT molecular complexity index is 411. The molecule has 15 heavy (non-hydrogen) atoms. The van der Waals surface area contributed by atoms with Crippen molar-refractivity contribution < 1.29 is 9.90 Å². The van der Waals surface area contributed by atoms with E-state index in [1.54, 1.807) is 19.2 Å². The van der Waals surface area contributed by atoms with Crippen LogP contribution in [0.25, 0.3) is 0 Å². The van der Waals surface area contributed by atoms with Crippen molar-refractivity contribution in [1.82, 2.24) is 4.98 Å². The molecule has 0 spiro atoms. The van der Waals surface area contributed by atoms with Crippen molar-refractivity contribution in [1.29, 1.82) is 5.26 Å². The Morgan fingerprint density at radius 3 is 2.93 bits per heavy atom. The van der Waals surface area contributed by atoms with Gasteiger partial charge < -0.3 is 10.0 Å². The highest BCUT2D eigenvalue weighted by Gasteiger charge is 2.20. The maximum absolute atomic E-state index is 10.8. The first-order chi connectivity index (χ1) is 7.07. The highest BCUT2D eigenvalue weighted by Crippen LogP contribution is 2.16. The van der Waals surface area contributed by atoms with Crippen LogP contribution in [0.15, 0.2) is 18.3 Å². The van der Waals surface area contributed by atoms with Crippen LogP contribution >= 0.6 is 0 Å². The Labute approximate surface area is 87.6 Å². The number of carboxylic acids is 1. The standard InChI is InChI=1S/C10H11N3O2/c1-7(10(14)15)13(2)9-8(6-11)4-3-5-12-9/h3-5,7H,1-2H3,(H,14,15). The SMILES string of the molecule is CC(C(=O)O)N(C)c1ncccc1C#N. The number of rotatable bonds is 3. The summed E-state index contributed by atoms with van der Waals surface area (Å²) >= 11 is 0. The van der Waals surface area contributed by atoms with Crippen LogP contribution in [0.5, 0.6) is 0 Å². The van der Waals surface area contributed by atoms with Crippen LogP contribution < -0.4 is 4.90 Å². The van der Waals surface area contributed by atoms with Crippen molar-refractivity contribution >= 4 is 11.8 Å². The van der Waals surface area contributed by atoms with E-state index in [1.807, 2.05) is 6.07 Å². The van der Waals surface area contributed by atoms with Gasteiger partial charge in [0.15, 0.2) is 0 Å². The normalized spacial score (nSPS) is 11.5. The number of nitrogens with zero attached hydrogens (tertiary/aromatic N) is 3. The van der Waals surface area contributed by atoms with Crippen LogP contribution in [-0.4, -0.2) is 29.1 Å². The zero-order chi connectivity index (χ0) is 11.4. The van der Waals surface area contributed by atoms with Crippen molar-refractivity contribution in [2.75, 3.05) is 11.9 Å². The molecule has 1 rings (SSSR count). The van der Waals surface area contributed by atoms with Crippen molar-refractivity contribution in [3.8, 4) is 6.07 Å². The maximum atomic E-state index is 10.8. The van der Waals surface area contributed by atoms with Gasteiger partial charge in [0.05, 0.1) is 5.56 Å². The summed E-state index contributed by atoms with van der Waals surface area (Å²) in [4.78, 5) is 16.2. The molecule has 0 aliphatic rings. The minimum Gasteiger partial charge on any atom is -0.480 e. The third kappa shape index (κ3) is 2.23. The molecule has 5 nitrogen and oxygen atoms in total. The van der Waals surface area contributed by atoms with Crippen molar-refractivity contribution in [2.45, 2.75) is 13.0 Å². The van der Waals surface area contributed by atoms with Gasteiger partial charge in [-0.05, 0) is 19.1 Å². The van der Waals surface area contributed by atoms with E-state index in [2.05, 4.69) is 4.98 Å². The molecule has 1 aromatic heterocycles. The molecule has 1 unspecified atom stereocenters. The fourth-order valence-electron chi connectivity index (χ4n) is 1.11. The van der Waals surface area contributed by atoms with Crippen molar-refractivity contribution in [2.24, 2.45) is 0 Å². The Morgan fingerprint density at radius 1 is 1.73 bits per heavy atom. The van der Waals surface area contributed by atoms with E-state index in [4.69, 9.17) is 10.4 Å². The number of anilines is 1. The summed E-state index contributed by atoms with van der Waals surface area (Å²) in [6.45, 7) is 1.54. The molecule has 0 aromatic carbocycles. The maximum Gasteiger partial charge on any atom is 0.326 e. The number of hydrogen-bond acceptors (Lipinski definition) is 4. The van der Waals surface area contributed by atoms with Gasteiger partial charge in [0, 0.05) is 13.2 Å². The average molecular weight is 205 g/mol. The predicted octanol–water partition coefficient (Wildman–Crippen LogP) is 0.863. The molecule has 1 heterocycles. The minimum atomic E-state index is -0.952. The molecule has 1 atom stereocenters.